The topological polar surface area (TPSA) is 88.2 Å². The van der Waals surface area contributed by atoms with Crippen molar-refractivity contribution in [3.05, 3.63) is 75.7 Å². The second-order valence-electron chi connectivity index (χ2n) is 6.97. The summed E-state index contributed by atoms with van der Waals surface area (Å²) in [6.45, 7) is 3.78. The Morgan fingerprint density at radius 3 is 2.41 bits per heavy atom. The van der Waals surface area contributed by atoms with Crippen molar-refractivity contribution in [2.75, 3.05) is 4.72 Å². The van der Waals surface area contributed by atoms with Crippen LogP contribution in [-0.2, 0) is 16.2 Å². The molecule has 0 saturated carbocycles. The highest BCUT2D eigenvalue weighted by molar-refractivity contribution is 7.92. The molecule has 6 nitrogen and oxygen atoms in total. The van der Waals surface area contributed by atoms with Gasteiger partial charge in [-0.15, -0.1) is 11.3 Å². The molecule has 0 radical (unpaired) electrons. The van der Waals surface area contributed by atoms with Gasteiger partial charge in [0.2, 0.25) is 0 Å². The lowest BCUT2D eigenvalue weighted by Gasteiger charge is -2.15. The molecule has 170 valence electrons. The standard InChI is InChI=1S/C21H20F3N3O3S2/c1-3-18(20-25-13(2)12-31-20)26-19(28)14-7-9-17(10-8-14)32(29,30)27-16-6-4-5-15(11-16)21(22,23)24/h4-12,18,27H,3H2,1-2H3,(H,26,28). The molecule has 0 aliphatic rings. The number of carbonyl (C=O) groups excluding carboxylic acids is 1. The summed E-state index contributed by atoms with van der Waals surface area (Å²) < 4.78 is 65.8. The van der Waals surface area contributed by atoms with Crippen LogP contribution in [0.1, 0.15) is 46.0 Å². The molecule has 0 spiro atoms. The largest absolute Gasteiger partial charge is 0.416 e. The molecule has 2 aromatic carbocycles. The molecule has 1 amide bonds. The summed E-state index contributed by atoms with van der Waals surface area (Å²) in [5.74, 6) is -0.389. The summed E-state index contributed by atoms with van der Waals surface area (Å²) in [6.07, 6.45) is -3.96. The van der Waals surface area contributed by atoms with E-state index in [2.05, 4.69) is 15.0 Å². The fourth-order valence-electron chi connectivity index (χ4n) is 2.87. The van der Waals surface area contributed by atoms with Gasteiger partial charge in [0, 0.05) is 22.3 Å². The van der Waals surface area contributed by atoms with Crippen molar-refractivity contribution in [3.8, 4) is 0 Å². The number of benzene rings is 2. The number of carbonyl (C=O) groups is 1. The number of hydrogen-bond acceptors (Lipinski definition) is 5. The van der Waals surface area contributed by atoms with Crippen LogP contribution < -0.4 is 10.0 Å². The molecule has 1 heterocycles. The second-order valence-corrected chi connectivity index (χ2v) is 9.54. The number of nitrogens with one attached hydrogen (secondary N) is 2. The molecule has 0 bridgehead atoms. The van der Waals surface area contributed by atoms with E-state index < -0.39 is 21.8 Å². The van der Waals surface area contributed by atoms with E-state index in [0.29, 0.717) is 12.5 Å². The molecule has 2 N–H and O–H groups in total. The highest BCUT2D eigenvalue weighted by atomic mass is 32.2. The van der Waals surface area contributed by atoms with Crippen molar-refractivity contribution < 1.29 is 26.4 Å². The van der Waals surface area contributed by atoms with Gasteiger partial charge < -0.3 is 5.32 Å². The molecular weight excluding hydrogens is 463 g/mol. The molecule has 3 aromatic rings. The van der Waals surface area contributed by atoms with Gasteiger partial charge in [-0.2, -0.15) is 13.2 Å². The van der Waals surface area contributed by atoms with Crippen molar-refractivity contribution in [3.63, 3.8) is 0 Å². The SMILES string of the molecule is CCC(NC(=O)c1ccc(S(=O)(=O)Nc2cccc(C(F)(F)F)c2)cc1)c1nc(C)cs1. The molecule has 0 aliphatic carbocycles. The summed E-state index contributed by atoms with van der Waals surface area (Å²) >= 11 is 1.44. The Bertz CT molecular complexity index is 1210. The van der Waals surface area contributed by atoms with E-state index in [-0.39, 0.29) is 28.1 Å². The predicted octanol–water partition coefficient (Wildman–Crippen LogP) is 5.15. The van der Waals surface area contributed by atoms with Crippen molar-refractivity contribution >= 4 is 33.0 Å². The zero-order chi connectivity index (χ0) is 23.5. The number of amides is 1. The van der Waals surface area contributed by atoms with Gasteiger partial charge in [0.15, 0.2) is 0 Å². The zero-order valence-electron chi connectivity index (χ0n) is 17.1. The average molecular weight is 484 g/mol. The van der Waals surface area contributed by atoms with Crippen LogP contribution in [0, 0.1) is 6.92 Å². The number of rotatable bonds is 7. The highest BCUT2D eigenvalue weighted by Gasteiger charge is 2.30. The van der Waals surface area contributed by atoms with E-state index in [4.69, 9.17) is 0 Å². The van der Waals surface area contributed by atoms with Gasteiger partial charge in [-0.25, -0.2) is 13.4 Å². The molecule has 11 heteroatoms. The van der Waals surface area contributed by atoms with E-state index in [9.17, 15) is 26.4 Å². The third kappa shape index (κ3) is 5.65. The number of sulfonamides is 1. The maximum atomic E-state index is 12.9. The Labute approximate surface area is 187 Å². The number of anilines is 1. The Kier molecular flexibility index (Phi) is 6.89. The molecular formula is C21H20F3N3O3S2. The maximum Gasteiger partial charge on any atom is 0.416 e. The molecule has 1 atom stereocenters. The summed E-state index contributed by atoms with van der Waals surface area (Å²) in [4.78, 5) is 16.8. The van der Waals surface area contributed by atoms with Crippen LogP contribution in [0.5, 0.6) is 0 Å². The monoisotopic (exact) mass is 483 g/mol. The number of nitrogens with zero attached hydrogens (tertiary/aromatic N) is 1. The minimum Gasteiger partial charge on any atom is -0.343 e. The van der Waals surface area contributed by atoms with Crippen LogP contribution >= 0.6 is 11.3 Å². The molecule has 0 aliphatic heterocycles. The molecule has 0 saturated heterocycles. The Morgan fingerprint density at radius 2 is 1.84 bits per heavy atom. The van der Waals surface area contributed by atoms with Crippen LogP contribution in [0.4, 0.5) is 18.9 Å². The van der Waals surface area contributed by atoms with Gasteiger partial charge in [-0.3, -0.25) is 9.52 Å². The highest BCUT2D eigenvalue weighted by Crippen LogP contribution is 2.31. The minimum atomic E-state index is -4.59. The first kappa shape index (κ1) is 23.7. The van der Waals surface area contributed by atoms with Crippen molar-refractivity contribution in [2.24, 2.45) is 0 Å². The van der Waals surface area contributed by atoms with Crippen LogP contribution in [0.25, 0.3) is 0 Å². The smallest absolute Gasteiger partial charge is 0.343 e. The molecule has 1 aromatic heterocycles. The number of hydrogen-bond donors (Lipinski definition) is 2. The number of aryl methyl sites for hydroxylation is 1. The zero-order valence-corrected chi connectivity index (χ0v) is 18.7. The number of halogens is 3. The fraction of sp³-hybridized carbons (Fsp3) is 0.238. The molecule has 32 heavy (non-hydrogen) atoms. The first-order valence-corrected chi connectivity index (χ1v) is 11.9. The van der Waals surface area contributed by atoms with E-state index in [1.807, 2.05) is 19.2 Å². The second kappa shape index (κ2) is 9.29. The third-order valence-electron chi connectivity index (χ3n) is 4.52. The van der Waals surface area contributed by atoms with Crippen molar-refractivity contribution in [2.45, 2.75) is 37.4 Å². The average Bonchev–Trinajstić information content (AvgIpc) is 3.17. The quantitative estimate of drug-likeness (QED) is 0.486. The minimum absolute atomic E-state index is 0.186. The number of alkyl halides is 3. The lowest BCUT2D eigenvalue weighted by Crippen LogP contribution is -2.28. The van der Waals surface area contributed by atoms with Crippen LogP contribution in [0.15, 0.2) is 58.8 Å². The van der Waals surface area contributed by atoms with Crippen LogP contribution in [-0.4, -0.2) is 19.3 Å². The van der Waals surface area contributed by atoms with Crippen molar-refractivity contribution in [1.82, 2.24) is 10.3 Å². The number of thiazole rings is 1. The first-order valence-electron chi connectivity index (χ1n) is 9.52. The molecule has 1 unspecified atom stereocenters. The normalized spacial score (nSPS) is 12.9. The third-order valence-corrected chi connectivity index (χ3v) is 6.99. The summed E-state index contributed by atoms with van der Waals surface area (Å²) in [7, 11) is -4.14. The fourth-order valence-corrected chi connectivity index (χ4v) is 4.85. The lowest BCUT2D eigenvalue weighted by atomic mass is 10.1. The van der Waals surface area contributed by atoms with Gasteiger partial charge in [-0.05, 0) is 55.8 Å². The summed E-state index contributed by atoms with van der Waals surface area (Å²) in [5.41, 5.74) is -0.0768. The summed E-state index contributed by atoms with van der Waals surface area (Å²) in [6, 6.07) is 8.76. The van der Waals surface area contributed by atoms with Gasteiger partial charge in [-0.1, -0.05) is 13.0 Å². The Balaban J connectivity index is 1.73. The Hall–Kier alpha value is -2.92. The predicted molar refractivity (Wildman–Crippen MR) is 116 cm³/mol. The summed E-state index contributed by atoms with van der Waals surface area (Å²) in [5, 5.41) is 5.54. The van der Waals surface area contributed by atoms with Gasteiger partial charge >= 0.3 is 6.18 Å². The lowest BCUT2D eigenvalue weighted by molar-refractivity contribution is -0.137. The maximum absolute atomic E-state index is 12.9. The van der Waals surface area contributed by atoms with E-state index in [1.165, 1.54) is 41.7 Å². The van der Waals surface area contributed by atoms with E-state index >= 15 is 0 Å². The first-order chi connectivity index (χ1) is 15.0. The van der Waals surface area contributed by atoms with Gasteiger partial charge in [0.1, 0.15) is 5.01 Å². The number of aromatic nitrogens is 1. The Morgan fingerprint density at radius 1 is 1.16 bits per heavy atom. The van der Waals surface area contributed by atoms with E-state index in [1.54, 1.807) is 0 Å². The van der Waals surface area contributed by atoms with Crippen LogP contribution in [0.2, 0.25) is 0 Å². The van der Waals surface area contributed by atoms with Crippen molar-refractivity contribution in [1.29, 1.82) is 0 Å². The van der Waals surface area contributed by atoms with Gasteiger partial charge in [0.25, 0.3) is 15.9 Å². The van der Waals surface area contributed by atoms with E-state index in [0.717, 1.165) is 22.8 Å². The molecule has 0 fully saturated rings. The molecule has 3 rings (SSSR count). The van der Waals surface area contributed by atoms with Gasteiger partial charge in [0.05, 0.1) is 16.5 Å². The van der Waals surface area contributed by atoms with Crippen LogP contribution in [0.3, 0.4) is 0 Å².